The largest absolute Gasteiger partial charge is 0.288 e. The second-order valence-electron chi connectivity index (χ2n) is 1.52. The molecule has 0 bridgehead atoms. The molecule has 0 amide bonds. The highest BCUT2D eigenvalue weighted by atomic mass is 35.5. The van der Waals surface area contributed by atoms with E-state index in [2.05, 4.69) is 11.1 Å². The second-order valence-corrected chi connectivity index (χ2v) is 1.88. The van der Waals surface area contributed by atoms with Gasteiger partial charge in [-0.05, 0) is 0 Å². The molecule has 51 valence electrons. The maximum absolute atomic E-state index is 10.0. The molecule has 0 N–H and O–H groups in total. The lowest BCUT2D eigenvalue weighted by Crippen LogP contribution is -1.87. The molecule has 0 aliphatic carbocycles. The number of halogens is 1. The maximum atomic E-state index is 10.0. The zero-order valence-corrected chi connectivity index (χ0v) is 5.50. The highest BCUT2D eigenvalue weighted by molar-refractivity contribution is 6.29. The maximum Gasteiger partial charge on any atom is 0.288 e. The molecule has 0 saturated carbocycles. The summed E-state index contributed by atoms with van der Waals surface area (Å²) in [7, 11) is 0. The summed E-state index contributed by atoms with van der Waals surface area (Å²) in [6.45, 7) is 0. The Morgan fingerprint density at radius 1 is 1.80 bits per heavy atom. The van der Waals surface area contributed by atoms with Gasteiger partial charge in [0.15, 0.2) is 0 Å². The van der Waals surface area contributed by atoms with Crippen LogP contribution in [0.2, 0.25) is 5.15 Å². The molecular formula is C5H2ClN2O2. The van der Waals surface area contributed by atoms with Gasteiger partial charge < -0.3 is 0 Å². The highest BCUT2D eigenvalue weighted by Gasteiger charge is 2.03. The zero-order valence-electron chi connectivity index (χ0n) is 4.74. The molecule has 1 aromatic heterocycles. The molecule has 0 fully saturated rings. The van der Waals surface area contributed by atoms with E-state index in [1.165, 1.54) is 6.07 Å². The third kappa shape index (κ3) is 1.41. The van der Waals surface area contributed by atoms with Crippen LogP contribution >= 0.6 is 11.6 Å². The van der Waals surface area contributed by atoms with E-state index in [4.69, 9.17) is 11.6 Å². The lowest BCUT2D eigenvalue weighted by molar-refractivity contribution is -0.385. The van der Waals surface area contributed by atoms with Gasteiger partial charge in [0.2, 0.25) is 0 Å². The number of nitro groups is 1. The lowest BCUT2D eigenvalue weighted by Gasteiger charge is -1.87. The predicted molar refractivity (Wildman–Crippen MR) is 34.7 cm³/mol. The van der Waals surface area contributed by atoms with Crippen molar-refractivity contribution in [1.82, 2.24) is 4.98 Å². The van der Waals surface area contributed by atoms with Crippen LogP contribution in [0.25, 0.3) is 0 Å². The zero-order chi connectivity index (χ0) is 7.56. The minimum absolute atomic E-state index is 0.107. The number of hydrogen-bond acceptors (Lipinski definition) is 3. The highest BCUT2D eigenvalue weighted by Crippen LogP contribution is 2.10. The predicted octanol–water partition coefficient (Wildman–Crippen LogP) is 1.44. The van der Waals surface area contributed by atoms with Crippen LogP contribution < -0.4 is 0 Å². The second kappa shape index (κ2) is 2.62. The molecule has 0 spiro atoms. The van der Waals surface area contributed by atoms with Crippen LogP contribution in [0.3, 0.4) is 0 Å². The first-order valence-electron chi connectivity index (χ1n) is 2.38. The first kappa shape index (κ1) is 6.95. The molecule has 0 aliphatic rings. The van der Waals surface area contributed by atoms with Gasteiger partial charge in [0.05, 0.1) is 4.92 Å². The van der Waals surface area contributed by atoms with Gasteiger partial charge in [0.1, 0.15) is 11.3 Å². The first-order chi connectivity index (χ1) is 4.70. The van der Waals surface area contributed by atoms with Crippen LogP contribution in [0.4, 0.5) is 5.69 Å². The topological polar surface area (TPSA) is 56.0 Å². The number of aromatic nitrogens is 1. The van der Waals surface area contributed by atoms with Gasteiger partial charge in [0, 0.05) is 12.1 Å². The lowest BCUT2D eigenvalue weighted by atomic mass is 10.4. The third-order valence-electron chi connectivity index (χ3n) is 0.860. The number of hydrogen-bond donors (Lipinski definition) is 0. The molecule has 0 unspecified atom stereocenters. The molecule has 1 aromatic rings. The molecule has 0 aromatic carbocycles. The molecular weight excluding hydrogens is 156 g/mol. The fourth-order valence-electron chi connectivity index (χ4n) is 0.431. The normalized spacial score (nSPS) is 9.30. The summed E-state index contributed by atoms with van der Waals surface area (Å²) in [5, 5.41) is 10.1. The quantitative estimate of drug-likeness (QED) is 0.352. The standard InChI is InChI=1S/C5H2ClN2O2/c6-5-2-1-4(3-7-5)8(9)10/h1,3H. The third-order valence-corrected chi connectivity index (χ3v) is 1.07. The Hall–Kier alpha value is -1.16. The van der Waals surface area contributed by atoms with E-state index in [9.17, 15) is 10.1 Å². The molecule has 10 heavy (non-hydrogen) atoms. The Balaban J connectivity index is 3.00. The Morgan fingerprint density at radius 2 is 2.50 bits per heavy atom. The van der Waals surface area contributed by atoms with Crippen molar-refractivity contribution in [3.63, 3.8) is 0 Å². The van der Waals surface area contributed by atoms with Crippen molar-refractivity contribution < 1.29 is 4.92 Å². The van der Waals surface area contributed by atoms with Gasteiger partial charge in [-0.25, -0.2) is 4.98 Å². The molecule has 5 heteroatoms. The molecule has 1 rings (SSSR count). The van der Waals surface area contributed by atoms with Crippen molar-refractivity contribution in [2.24, 2.45) is 0 Å². The minimum atomic E-state index is -0.556. The average molecular weight is 158 g/mol. The molecule has 4 nitrogen and oxygen atoms in total. The van der Waals surface area contributed by atoms with E-state index in [1.807, 2.05) is 0 Å². The summed E-state index contributed by atoms with van der Waals surface area (Å²) >= 11 is 5.33. The van der Waals surface area contributed by atoms with E-state index in [1.54, 1.807) is 0 Å². The SMILES string of the molecule is O=[N+]([O-])c1c[c]c(Cl)nc1. The Bertz CT molecular complexity index is 246. The van der Waals surface area contributed by atoms with Crippen LogP contribution in [0.1, 0.15) is 0 Å². The van der Waals surface area contributed by atoms with Gasteiger partial charge in [-0.15, -0.1) is 0 Å². The number of rotatable bonds is 1. The van der Waals surface area contributed by atoms with Crippen molar-refractivity contribution in [2.45, 2.75) is 0 Å². The molecule has 1 heterocycles. The fourth-order valence-corrected chi connectivity index (χ4v) is 0.534. The molecule has 0 aliphatic heterocycles. The van der Waals surface area contributed by atoms with E-state index < -0.39 is 4.92 Å². The molecule has 0 atom stereocenters. The van der Waals surface area contributed by atoms with Crippen molar-refractivity contribution in [2.75, 3.05) is 0 Å². The minimum Gasteiger partial charge on any atom is -0.258 e. The summed E-state index contributed by atoms with van der Waals surface area (Å²) in [5.74, 6) is 0. The van der Waals surface area contributed by atoms with Crippen LogP contribution in [0.5, 0.6) is 0 Å². The van der Waals surface area contributed by atoms with E-state index >= 15 is 0 Å². The van der Waals surface area contributed by atoms with E-state index in [0.29, 0.717) is 0 Å². The Kier molecular flexibility index (Phi) is 1.82. The Morgan fingerprint density at radius 3 is 2.90 bits per heavy atom. The van der Waals surface area contributed by atoms with Gasteiger partial charge >= 0.3 is 0 Å². The van der Waals surface area contributed by atoms with Crippen LogP contribution in [-0.4, -0.2) is 9.91 Å². The summed E-state index contributed by atoms with van der Waals surface area (Å²) in [4.78, 5) is 12.9. The summed E-state index contributed by atoms with van der Waals surface area (Å²) in [6.07, 6.45) is 1.08. The van der Waals surface area contributed by atoms with Crippen LogP contribution in [-0.2, 0) is 0 Å². The van der Waals surface area contributed by atoms with Crippen molar-refractivity contribution in [1.29, 1.82) is 0 Å². The monoisotopic (exact) mass is 157 g/mol. The van der Waals surface area contributed by atoms with Crippen LogP contribution in [0.15, 0.2) is 12.3 Å². The average Bonchev–Trinajstić information content (AvgIpc) is 1.88. The van der Waals surface area contributed by atoms with Gasteiger partial charge in [-0.3, -0.25) is 10.1 Å². The molecule has 1 radical (unpaired) electrons. The first-order valence-corrected chi connectivity index (χ1v) is 2.75. The number of pyridine rings is 1. The summed E-state index contributed by atoms with van der Waals surface area (Å²) in [6, 6.07) is 3.57. The van der Waals surface area contributed by atoms with E-state index in [-0.39, 0.29) is 10.8 Å². The smallest absolute Gasteiger partial charge is 0.258 e. The van der Waals surface area contributed by atoms with Crippen molar-refractivity contribution >= 4 is 17.3 Å². The van der Waals surface area contributed by atoms with Crippen LogP contribution in [0, 0.1) is 16.2 Å². The number of nitrogens with zero attached hydrogens (tertiary/aromatic N) is 2. The fraction of sp³-hybridized carbons (Fsp3) is 0. The molecule has 0 saturated heterocycles. The Labute approximate surface area is 61.6 Å². The summed E-state index contributed by atoms with van der Waals surface area (Å²) in [5.41, 5.74) is -0.107. The van der Waals surface area contributed by atoms with Gasteiger partial charge in [0.25, 0.3) is 5.69 Å². The van der Waals surface area contributed by atoms with E-state index in [0.717, 1.165) is 6.20 Å². The van der Waals surface area contributed by atoms with Gasteiger partial charge in [-0.1, -0.05) is 11.6 Å². The summed E-state index contributed by atoms with van der Waals surface area (Å²) < 4.78 is 0. The van der Waals surface area contributed by atoms with Gasteiger partial charge in [-0.2, -0.15) is 0 Å². The van der Waals surface area contributed by atoms with Crippen molar-refractivity contribution in [3.05, 3.63) is 33.6 Å². The van der Waals surface area contributed by atoms with Crippen molar-refractivity contribution in [3.8, 4) is 0 Å².